The number of carbonyl (C=O) groups is 1. The van der Waals surface area contributed by atoms with E-state index in [1.165, 1.54) is 23.5 Å². The van der Waals surface area contributed by atoms with Crippen LogP contribution in [0.5, 0.6) is 5.75 Å². The zero-order valence-electron chi connectivity index (χ0n) is 11.8. The fourth-order valence-electron chi connectivity index (χ4n) is 2.25. The first-order valence-electron chi connectivity index (χ1n) is 6.51. The highest BCUT2D eigenvalue weighted by atomic mass is 35.5. The molecular weight excluding hydrogens is 329 g/mol. The fraction of sp³-hybridized carbons (Fsp3) is 0.286. The summed E-state index contributed by atoms with van der Waals surface area (Å²) in [6, 6.07) is 4.15. The Morgan fingerprint density at radius 2 is 2.36 bits per heavy atom. The Bertz CT molecular complexity index is 694. The van der Waals surface area contributed by atoms with Crippen molar-refractivity contribution in [3.8, 4) is 5.75 Å². The molecule has 0 saturated carbocycles. The van der Waals surface area contributed by atoms with Crippen LogP contribution in [0.2, 0.25) is 0 Å². The zero-order valence-corrected chi connectivity index (χ0v) is 13.4. The van der Waals surface area contributed by atoms with Crippen LogP contribution in [0.15, 0.2) is 23.6 Å². The van der Waals surface area contributed by atoms with E-state index in [1.54, 1.807) is 16.3 Å². The van der Waals surface area contributed by atoms with Crippen molar-refractivity contribution in [3.05, 3.63) is 40.1 Å². The van der Waals surface area contributed by atoms with Gasteiger partial charge in [0.2, 0.25) is 0 Å². The first kappa shape index (κ1) is 16.7. The van der Waals surface area contributed by atoms with E-state index in [9.17, 15) is 9.18 Å². The lowest BCUT2D eigenvalue weighted by atomic mass is 10.2. The molecule has 1 atom stereocenters. The second-order valence-corrected chi connectivity index (χ2v) is 5.73. The number of carbonyl (C=O) groups excluding carboxylic acids is 1. The zero-order chi connectivity index (χ0) is 15.0. The summed E-state index contributed by atoms with van der Waals surface area (Å²) in [5.74, 6) is -0.250. The monoisotopic (exact) mass is 343 g/mol. The minimum atomic E-state index is -0.394. The Labute approximate surface area is 137 Å². The molecule has 1 aromatic carbocycles. The van der Waals surface area contributed by atoms with Crippen LogP contribution >= 0.6 is 23.7 Å². The lowest BCUT2D eigenvalue weighted by Gasteiger charge is -2.33. The van der Waals surface area contributed by atoms with Gasteiger partial charge in [-0.2, -0.15) is 0 Å². The van der Waals surface area contributed by atoms with Crippen molar-refractivity contribution in [1.82, 2.24) is 4.98 Å². The summed E-state index contributed by atoms with van der Waals surface area (Å²) in [6.45, 7) is 2.53. The topological polar surface area (TPSA) is 68.5 Å². The molecule has 22 heavy (non-hydrogen) atoms. The Hall–Kier alpha value is -1.70. The molecule has 1 aliphatic heterocycles. The van der Waals surface area contributed by atoms with Gasteiger partial charge in [-0.3, -0.25) is 9.69 Å². The van der Waals surface area contributed by atoms with Crippen molar-refractivity contribution in [1.29, 1.82) is 0 Å². The molecule has 2 N–H and O–H groups in total. The number of benzene rings is 1. The third-order valence-electron chi connectivity index (χ3n) is 3.17. The van der Waals surface area contributed by atoms with E-state index in [4.69, 9.17) is 10.5 Å². The Morgan fingerprint density at radius 3 is 3.05 bits per heavy atom. The van der Waals surface area contributed by atoms with E-state index in [2.05, 4.69) is 4.98 Å². The van der Waals surface area contributed by atoms with Gasteiger partial charge in [-0.05, 0) is 19.1 Å². The standard InChI is InChI=1S/C14H14FN3O2S.ClH/c1-8-6-18(11-3-2-9(15)4-12(11)20-8)14(19)10-7-21-13(5-16)17-10;/h2-4,7-8H,5-6,16H2,1H3;1H. The van der Waals surface area contributed by atoms with Crippen LogP contribution in [-0.2, 0) is 6.54 Å². The van der Waals surface area contributed by atoms with Crippen molar-refractivity contribution in [2.45, 2.75) is 19.6 Å². The minimum absolute atomic E-state index is 0. The van der Waals surface area contributed by atoms with Crippen molar-refractivity contribution in [2.75, 3.05) is 11.4 Å². The molecule has 0 bridgehead atoms. The van der Waals surface area contributed by atoms with E-state index < -0.39 is 5.82 Å². The first-order chi connectivity index (χ1) is 10.1. The number of hydrogen-bond acceptors (Lipinski definition) is 5. The molecule has 0 aliphatic carbocycles. The molecule has 8 heteroatoms. The average Bonchev–Trinajstić information content (AvgIpc) is 2.94. The van der Waals surface area contributed by atoms with Gasteiger partial charge in [-0.25, -0.2) is 9.37 Å². The molecule has 1 aliphatic rings. The van der Waals surface area contributed by atoms with Gasteiger partial charge in [-0.1, -0.05) is 0 Å². The number of aromatic nitrogens is 1. The molecule has 0 radical (unpaired) electrons. The Balaban J connectivity index is 0.00000176. The molecule has 1 unspecified atom stereocenters. The third-order valence-corrected chi connectivity index (χ3v) is 4.04. The number of fused-ring (bicyclic) bond motifs is 1. The maximum atomic E-state index is 13.3. The molecule has 1 amide bonds. The summed E-state index contributed by atoms with van der Waals surface area (Å²) in [6.07, 6.45) is -0.212. The second kappa shape index (κ2) is 6.60. The predicted octanol–water partition coefficient (Wildman–Crippen LogP) is 2.59. The van der Waals surface area contributed by atoms with Gasteiger partial charge in [0.1, 0.15) is 28.4 Å². The molecule has 2 aromatic rings. The Kier molecular flexibility index (Phi) is 5.00. The van der Waals surface area contributed by atoms with Gasteiger partial charge in [0.25, 0.3) is 5.91 Å². The Morgan fingerprint density at radius 1 is 1.59 bits per heavy atom. The average molecular weight is 344 g/mol. The van der Waals surface area contributed by atoms with Gasteiger partial charge < -0.3 is 10.5 Å². The number of halogens is 2. The van der Waals surface area contributed by atoms with Gasteiger partial charge >= 0.3 is 0 Å². The molecule has 0 spiro atoms. The summed E-state index contributed by atoms with van der Waals surface area (Å²) in [7, 11) is 0. The van der Waals surface area contributed by atoms with Gasteiger partial charge in [0, 0.05) is 18.0 Å². The summed E-state index contributed by atoms with van der Waals surface area (Å²) >= 11 is 1.35. The number of ether oxygens (including phenoxy) is 1. The first-order valence-corrected chi connectivity index (χ1v) is 7.39. The quantitative estimate of drug-likeness (QED) is 0.910. The maximum Gasteiger partial charge on any atom is 0.277 e. The van der Waals surface area contributed by atoms with Crippen LogP contribution in [0.4, 0.5) is 10.1 Å². The SMILES string of the molecule is CC1CN(C(=O)c2csc(CN)n2)c2ccc(F)cc2O1.Cl. The molecule has 0 saturated heterocycles. The molecule has 1 aromatic heterocycles. The van der Waals surface area contributed by atoms with Crippen molar-refractivity contribution in [2.24, 2.45) is 5.73 Å². The minimum Gasteiger partial charge on any atom is -0.487 e. The number of amides is 1. The van der Waals surface area contributed by atoms with E-state index in [0.717, 1.165) is 0 Å². The number of anilines is 1. The molecule has 5 nitrogen and oxygen atoms in total. The molecule has 3 rings (SSSR count). The summed E-state index contributed by atoms with van der Waals surface area (Å²) in [5, 5.41) is 2.40. The summed E-state index contributed by atoms with van der Waals surface area (Å²) in [5.41, 5.74) is 6.43. The fourth-order valence-corrected chi connectivity index (χ4v) is 2.90. The number of nitrogens with two attached hydrogens (primary N) is 1. The van der Waals surface area contributed by atoms with E-state index in [0.29, 0.717) is 35.2 Å². The van der Waals surface area contributed by atoms with Crippen molar-refractivity contribution < 1.29 is 13.9 Å². The highest BCUT2D eigenvalue weighted by Crippen LogP contribution is 2.34. The van der Waals surface area contributed by atoms with Gasteiger partial charge in [0.05, 0.1) is 12.2 Å². The van der Waals surface area contributed by atoms with Crippen LogP contribution < -0.4 is 15.4 Å². The van der Waals surface area contributed by atoms with E-state index >= 15 is 0 Å². The van der Waals surface area contributed by atoms with E-state index in [-0.39, 0.29) is 24.4 Å². The largest absolute Gasteiger partial charge is 0.487 e. The lowest BCUT2D eigenvalue weighted by Crippen LogP contribution is -2.42. The highest BCUT2D eigenvalue weighted by molar-refractivity contribution is 7.09. The number of hydrogen-bond donors (Lipinski definition) is 1. The summed E-state index contributed by atoms with van der Waals surface area (Å²) < 4.78 is 18.9. The number of nitrogens with zero attached hydrogens (tertiary/aromatic N) is 2. The molecule has 2 heterocycles. The van der Waals surface area contributed by atoms with E-state index in [1.807, 2.05) is 6.92 Å². The van der Waals surface area contributed by atoms with Crippen LogP contribution in [0, 0.1) is 5.82 Å². The van der Waals surface area contributed by atoms with Crippen molar-refractivity contribution >= 4 is 35.3 Å². The normalized spacial score (nSPS) is 16.5. The molecule has 0 fully saturated rings. The number of rotatable bonds is 2. The van der Waals surface area contributed by atoms with Crippen LogP contribution in [0.3, 0.4) is 0 Å². The molecule has 118 valence electrons. The smallest absolute Gasteiger partial charge is 0.277 e. The van der Waals surface area contributed by atoms with Gasteiger partial charge in [-0.15, -0.1) is 23.7 Å². The van der Waals surface area contributed by atoms with Crippen molar-refractivity contribution in [3.63, 3.8) is 0 Å². The highest BCUT2D eigenvalue weighted by Gasteiger charge is 2.29. The number of thiazole rings is 1. The van der Waals surface area contributed by atoms with Crippen LogP contribution in [0.25, 0.3) is 0 Å². The van der Waals surface area contributed by atoms with Crippen LogP contribution in [-0.4, -0.2) is 23.5 Å². The second-order valence-electron chi connectivity index (χ2n) is 4.79. The third kappa shape index (κ3) is 3.06. The lowest BCUT2D eigenvalue weighted by molar-refractivity contribution is 0.0956. The predicted molar refractivity (Wildman–Crippen MR) is 85.4 cm³/mol. The maximum absolute atomic E-state index is 13.3. The van der Waals surface area contributed by atoms with Crippen LogP contribution in [0.1, 0.15) is 22.4 Å². The summed E-state index contributed by atoms with van der Waals surface area (Å²) in [4.78, 5) is 18.4. The molecular formula is C14H15ClFN3O2S. The van der Waals surface area contributed by atoms with Gasteiger partial charge in [0.15, 0.2) is 0 Å².